The Kier molecular flexibility index (Phi) is 9.00. The van der Waals surface area contributed by atoms with Gasteiger partial charge in [0.05, 0.1) is 10.6 Å². The molecule has 0 saturated carbocycles. The predicted octanol–water partition coefficient (Wildman–Crippen LogP) is 4.66. The largest absolute Gasteiger partial charge is 0.357 e. The first-order chi connectivity index (χ1) is 17.1. The van der Waals surface area contributed by atoms with Crippen LogP contribution in [0.3, 0.4) is 0 Å². The SMILES string of the molecule is CNC(=O)[C@@H](C)N(Cc1cccc(Cl)c1)C(=O)CN(c1cccc(Cl)c1C)S(=O)(=O)c1ccccc1. The molecule has 0 unspecified atom stereocenters. The first-order valence-corrected chi connectivity index (χ1v) is 13.3. The first-order valence-electron chi connectivity index (χ1n) is 11.1. The standard InChI is InChI=1S/C26H27Cl2N3O4S/c1-18-23(28)13-8-14-24(18)31(36(34,35)22-11-5-4-6-12-22)17-25(32)30(19(2)26(33)29-3)16-20-9-7-10-21(27)15-20/h4-15,19H,16-17H2,1-3H3,(H,29,33)/t19-/m1/s1. The highest BCUT2D eigenvalue weighted by atomic mass is 35.5. The molecule has 3 rings (SSSR count). The molecule has 0 fully saturated rings. The maximum absolute atomic E-state index is 13.7. The van der Waals surface area contributed by atoms with Crippen molar-refractivity contribution in [3.8, 4) is 0 Å². The Morgan fingerprint density at radius 1 is 0.972 bits per heavy atom. The van der Waals surface area contributed by atoms with E-state index in [4.69, 9.17) is 23.2 Å². The predicted molar refractivity (Wildman–Crippen MR) is 143 cm³/mol. The molecule has 36 heavy (non-hydrogen) atoms. The highest BCUT2D eigenvalue weighted by molar-refractivity contribution is 7.92. The van der Waals surface area contributed by atoms with Crippen molar-refractivity contribution in [3.63, 3.8) is 0 Å². The number of hydrogen-bond donors (Lipinski definition) is 1. The minimum Gasteiger partial charge on any atom is -0.357 e. The van der Waals surface area contributed by atoms with Crippen LogP contribution in [-0.4, -0.2) is 44.8 Å². The van der Waals surface area contributed by atoms with Crippen LogP contribution < -0.4 is 9.62 Å². The number of nitrogens with zero attached hydrogens (tertiary/aromatic N) is 2. The molecule has 0 aliphatic carbocycles. The minimum absolute atomic E-state index is 0.0258. The van der Waals surface area contributed by atoms with E-state index >= 15 is 0 Å². The van der Waals surface area contributed by atoms with Gasteiger partial charge in [-0.3, -0.25) is 13.9 Å². The van der Waals surface area contributed by atoms with E-state index in [0.717, 1.165) is 4.31 Å². The van der Waals surface area contributed by atoms with Crippen LogP contribution in [0.5, 0.6) is 0 Å². The Morgan fingerprint density at radius 3 is 2.28 bits per heavy atom. The highest BCUT2D eigenvalue weighted by Crippen LogP contribution is 2.31. The molecule has 7 nitrogen and oxygen atoms in total. The monoisotopic (exact) mass is 547 g/mol. The average Bonchev–Trinajstić information content (AvgIpc) is 2.87. The summed E-state index contributed by atoms with van der Waals surface area (Å²) in [5.74, 6) is -0.952. The molecule has 0 spiro atoms. The van der Waals surface area contributed by atoms with E-state index in [0.29, 0.717) is 21.2 Å². The summed E-state index contributed by atoms with van der Waals surface area (Å²) < 4.78 is 28.5. The number of rotatable bonds is 9. The van der Waals surface area contributed by atoms with Crippen molar-refractivity contribution in [1.82, 2.24) is 10.2 Å². The average molecular weight is 548 g/mol. The van der Waals surface area contributed by atoms with E-state index in [1.165, 1.54) is 24.1 Å². The molecule has 1 N–H and O–H groups in total. The fourth-order valence-corrected chi connectivity index (χ4v) is 5.60. The van der Waals surface area contributed by atoms with E-state index in [-0.39, 0.29) is 23.0 Å². The zero-order valence-electron chi connectivity index (χ0n) is 20.1. The van der Waals surface area contributed by atoms with Gasteiger partial charge in [0, 0.05) is 23.6 Å². The second-order valence-corrected chi connectivity index (χ2v) is 10.9. The van der Waals surface area contributed by atoms with Crippen LogP contribution in [0.2, 0.25) is 10.0 Å². The molecule has 0 heterocycles. The molecule has 0 aromatic heterocycles. The molecule has 2 amide bonds. The Labute approximate surface area is 221 Å². The maximum Gasteiger partial charge on any atom is 0.264 e. The lowest BCUT2D eigenvalue weighted by molar-refractivity contribution is -0.139. The summed E-state index contributed by atoms with van der Waals surface area (Å²) in [7, 11) is -2.67. The summed E-state index contributed by atoms with van der Waals surface area (Å²) in [4.78, 5) is 27.6. The lowest BCUT2D eigenvalue weighted by Crippen LogP contribution is -2.50. The lowest BCUT2D eigenvalue weighted by Gasteiger charge is -2.32. The molecule has 0 radical (unpaired) electrons. The number of sulfonamides is 1. The van der Waals surface area contributed by atoms with Crippen molar-refractivity contribution in [1.29, 1.82) is 0 Å². The van der Waals surface area contributed by atoms with Crippen LogP contribution in [0.15, 0.2) is 77.7 Å². The molecular weight excluding hydrogens is 521 g/mol. The summed E-state index contributed by atoms with van der Waals surface area (Å²) >= 11 is 12.4. The van der Waals surface area contributed by atoms with Crippen molar-refractivity contribution in [2.24, 2.45) is 0 Å². The van der Waals surface area contributed by atoms with Gasteiger partial charge in [-0.2, -0.15) is 0 Å². The van der Waals surface area contributed by atoms with Crippen LogP contribution >= 0.6 is 23.2 Å². The Morgan fingerprint density at radius 2 is 1.64 bits per heavy atom. The van der Waals surface area contributed by atoms with Crippen molar-refractivity contribution in [2.45, 2.75) is 31.3 Å². The summed E-state index contributed by atoms with van der Waals surface area (Å²) in [5, 5.41) is 3.39. The van der Waals surface area contributed by atoms with Gasteiger partial charge in [-0.05, 0) is 61.4 Å². The van der Waals surface area contributed by atoms with E-state index in [2.05, 4.69) is 5.32 Å². The van der Waals surface area contributed by atoms with Crippen LogP contribution in [0.4, 0.5) is 5.69 Å². The van der Waals surface area contributed by atoms with Crippen LogP contribution in [-0.2, 0) is 26.2 Å². The van der Waals surface area contributed by atoms with Gasteiger partial charge in [-0.15, -0.1) is 0 Å². The summed E-state index contributed by atoms with van der Waals surface area (Å²) in [6.07, 6.45) is 0. The van der Waals surface area contributed by atoms with Crippen LogP contribution in [0, 0.1) is 6.92 Å². The Hall–Kier alpha value is -3.07. The van der Waals surface area contributed by atoms with E-state index in [9.17, 15) is 18.0 Å². The number of hydrogen-bond acceptors (Lipinski definition) is 4. The van der Waals surface area contributed by atoms with Gasteiger partial charge in [0.25, 0.3) is 10.0 Å². The molecule has 3 aromatic carbocycles. The molecule has 0 saturated heterocycles. The second kappa shape index (κ2) is 11.8. The van der Waals surface area contributed by atoms with Gasteiger partial charge in [0.1, 0.15) is 12.6 Å². The third-order valence-electron chi connectivity index (χ3n) is 5.77. The summed E-state index contributed by atoms with van der Waals surface area (Å²) in [6.45, 7) is 2.79. The third-order valence-corrected chi connectivity index (χ3v) is 8.19. The number of nitrogens with one attached hydrogen (secondary N) is 1. The third kappa shape index (κ3) is 6.19. The molecule has 0 aliphatic heterocycles. The maximum atomic E-state index is 13.7. The van der Waals surface area contributed by atoms with E-state index in [1.54, 1.807) is 74.5 Å². The quantitative estimate of drug-likeness (QED) is 0.422. The molecular formula is C26H27Cl2N3O4S. The van der Waals surface area contributed by atoms with Crippen LogP contribution in [0.25, 0.3) is 0 Å². The first kappa shape index (κ1) is 27.5. The highest BCUT2D eigenvalue weighted by Gasteiger charge is 2.33. The van der Waals surface area contributed by atoms with Crippen molar-refractivity contribution < 1.29 is 18.0 Å². The van der Waals surface area contributed by atoms with Gasteiger partial charge in [0.2, 0.25) is 11.8 Å². The topological polar surface area (TPSA) is 86.8 Å². The minimum atomic E-state index is -4.15. The van der Waals surface area contributed by atoms with Gasteiger partial charge >= 0.3 is 0 Å². The number of carbonyl (C=O) groups is 2. The van der Waals surface area contributed by atoms with E-state index < -0.39 is 28.5 Å². The number of amides is 2. The zero-order chi connectivity index (χ0) is 26.5. The lowest BCUT2D eigenvalue weighted by atomic mass is 10.1. The molecule has 3 aromatic rings. The van der Waals surface area contributed by atoms with Gasteiger partial charge in [-0.25, -0.2) is 8.42 Å². The van der Waals surface area contributed by atoms with Crippen molar-refractivity contribution in [3.05, 3.63) is 94.0 Å². The molecule has 190 valence electrons. The molecule has 0 bridgehead atoms. The number of benzene rings is 3. The molecule has 10 heteroatoms. The fraction of sp³-hybridized carbons (Fsp3) is 0.231. The summed E-state index contributed by atoms with van der Waals surface area (Å²) in [5.41, 5.74) is 1.48. The fourth-order valence-electron chi connectivity index (χ4n) is 3.72. The van der Waals surface area contributed by atoms with E-state index in [1.807, 2.05) is 0 Å². The zero-order valence-corrected chi connectivity index (χ0v) is 22.4. The van der Waals surface area contributed by atoms with Gasteiger partial charge in [0.15, 0.2) is 0 Å². The Bertz CT molecular complexity index is 1350. The smallest absolute Gasteiger partial charge is 0.264 e. The van der Waals surface area contributed by atoms with Gasteiger partial charge in [-0.1, -0.05) is 59.6 Å². The van der Waals surface area contributed by atoms with Gasteiger partial charge < -0.3 is 10.2 Å². The molecule has 0 aliphatic rings. The number of halogens is 2. The summed E-state index contributed by atoms with van der Waals surface area (Å²) in [6, 6.07) is 18.8. The normalized spacial score (nSPS) is 12.0. The second-order valence-electron chi connectivity index (χ2n) is 8.15. The number of likely N-dealkylation sites (N-methyl/N-ethyl adjacent to an activating group) is 1. The van der Waals surface area contributed by atoms with Crippen molar-refractivity contribution >= 4 is 50.7 Å². The Balaban J connectivity index is 2.07. The number of carbonyl (C=O) groups excluding carboxylic acids is 2. The number of anilines is 1. The molecule has 1 atom stereocenters. The van der Waals surface area contributed by atoms with Crippen molar-refractivity contribution in [2.75, 3.05) is 17.9 Å². The van der Waals surface area contributed by atoms with Crippen LogP contribution in [0.1, 0.15) is 18.1 Å².